The Morgan fingerprint density at radius 1 is 1.10 bits per heavy atom. The monoisotopic (exact) mass is 293 g/mol. The Morgan fingerprint density at radius 2 is 1.76 bits per heavy atom. The highest BCUT2D eigenvalue weighted by atomic mass is 16.4. The van der Waals surface area contributed by atoms with Gasteiger partial charge in [0.05, 0.1) is 5.41 Å². The van der Waals surface area contributed by atoms with Gasteiger partial charge in [-0.15, -0.1) is 0 Å². The molecular formula is C18H31NO2. The molecule has 0 aromatic rings. The lowest BCUT2D eigenvalue weighted by Gasteiger charge is -2.48. The smallest absolute Gasteiger partial charge is 0.310 e. The van der Waals surface area contributed by atoms with Gasteiger partial charge in [0.2, 0.25) is 0 Å². The molecule has 1 saturated heterocycles. The van der Waals surface area contributed by atoms with E-state index in [1.165, 1.54) is 38.5 Å². The van der Waals surface area contributed by atoms with Gasteiger partial charge in [-0.1, -0.05) is 19.8 Å². The van der Waals surface area contributed by atoms with Crippen molar-refractivity contribution in [2.24, 2.45) is 17.3 Å². The van der Waals surface area contributed by atoms with Crippen molar-refractivity contribution in [1.82, 2.24) is 4.90 Å². The van der Waals surface area contributed by atoms with Gasteiger partial charge in [-0.3, -0.25) is 9.69 Å². The van der Waals surface area contributed by atoms with Crippen LogP contribution in [0.15, 0.2) is 0 Å². The lowest BCUT2D eigenvalue weighted by atomic mass is 9.69. The van der Waals surface area contributed by atoms with Crippen LogP contribution in [0.1, 0.15) is 71.1 Å². The fraction of sp³-hybridized carbons (Fsp3) is 0.944. The van der Waals surface area contributed by atoms with Gasteiger partial charge < -0.3 is 5.11 Å². The van der Waals surface area contributed by atoms with Crippen molar-refractivity contribution in [3.05, 3.63) is 0 Å². The summed E-state index contributed by atoms with van der Waals surface area (Å²) in [7, 11) is 0. The van der Waals surface area contributed by atoms with Gasteiger partial charge in [0.1, 0.15) is 0 Å². The predicted octanol–water partition coefficient (Wildman–Crippen LogP) is 3.92. The quantitative estimate of drug-likeness (QED) is 0.857. The van der Waals surface area contributed by atoms with Crippen LogP contribution >= 0.6 is 0 Å². The Balaban J connectivity index is 1.71. The average Bonchev–Trinajstić information content (AvgIpc) is 2.50. The molecule has 0 spiro atoms. The minimum absolute atomic E-state index is 0.453. The van der Waals surface area contributed by atoms with Crippen LogP contribution < -0.4 is 0 Å². The second-order valence-corrected chi connectivity index (χ2v) is 7.99. The minimum Gasteiger partial charge on any atom is -0.481 e. The fourth-order valence-corrected chi connectivity index (χ4v) is 5.07. The van der Waals surface area contributed by atoms with E-state index in [2.05, 4.69) is 11.8 Å². The molecule has 3 aliphatic rings. The van der Waals surface area contributed by atoms with Gasteiger partial charge in [0, 0.05) is 12.6 Å². The van der Waals surface area contributed by atoms with Crippen LogP contribution in [0.3, 0.4) is 0 Å². The van der Waals surface area contributed by atoms with E-state index in [0.29, 0.717) is 12.0 Å². The average molecular weight is 293 g/mol. The van der Waals surface area contributed by atoms with Gasteiger partial charge in [-0.2, -0.15) is 0 Å². The van der Waals surface area contributed by atoms with Crippen molar-refractivity contribution in [1.29, 1.82) is 0 Å². The SMILES string of the molecule is CC1CCC(CN2CCC[C@H]3CCCC[C@H]32)(C(=O)O)CC1. The number of nitrogens with zero attached hydrogens (tertiary/aromatic N) is 1. The van der Waals surface area contributed by atoms with E-state index in [0.717, 1.165) is 44.7 Å². The summed E-state index contributed by atoms with van der Waals surface area (Å²) in [5.74, 6) is 1.02. The zero-order valence-corrected chi connectivity index (χ0v) is 13.5. The highest BCUT2D eigenvalue weighted by molar-refractivity contribution is 5.75. The first-order chi connectivity index (χ1) is 10.1. The lowest BCUT2D eigenvalue weighted by molar-refractivity contribution is -0.154. The molecule has 0 unspecified atom stereocenters. The third-order valence-electron chi connectivity index (χ3n) is 6.55. The molecule has 2 saturated carbocycles. The Hall–Kier alpha value is -0.570. The van der Waals surface area contributed by atoms with Gasteiger partial charge in [-0.25, -0.2) is 0 Å². The predicted molar refractivity (Wildman–Crippen MR) is 84.3 cm³/mol. The number of rotatable bonds is 3. The number of hydrogen-bond donors (Lipinski definition) is 1. The molecule has 3 nitrogen and oxygen atoms in total. The number of fused-ring (bicyclic) bond motifs is 1. The molecule has 3 rings (SSSR count). The largest absolute Gasteiger partial charge is 0.481 e. The summed E-state index contributed by atoms with van der Waals surface area (Å²) in [6.45, 7) is 4.21. The normalized spacial score (nSPS) is 41.5. The zero-order valence-electron chi connectivity index (χ0n) is 13.5. The van der Waals surface area contributed by atoms with Crippen LogP contribution in [0.25, 0.3) is 0 Å². The van der Waals surface area contributed by atoms with Crippen LogP contribution in [0, 0.1) is 17.3 Å². The minimum atomic E-state index is -0.535. The van der Waals surface area contributed by atoms with Gasteiger partial charge in [0.15, 0.2) is 0 Å². The summed E-state index contributed by atoms with van der Waals surface area (Å²) >= 11 is 0. The molecule has 1 aliphatic heterocycles. The molecule has 2 aliphatic carbocycles. The molecule has 0 aromatic heterocycles. The molecule has 3 heteroatoms. The number of carboxylic acid groups (broad SMARTS) is 1. The Morgan fingerprint density at radius 3 is 2.48 bits per heavy atom. The van der Waals surface area contributed by atoms with Crippen molar-refractivity contribution >= 4 is 5.97 Å². The molecule has 0 aromatic carbocycles. The van der Waals surface area contributed by atoms with Gasteiger partial charge >= 0.3 is 5.97 Å². The Kier molecular flexibility index (Phi) is 4.58. The number of piperidine rings is 1. The summed E-state index contributed by atoms with van der Waals surface area (Å²) in [5, 5.41) is 9.88. The second-order valence-electron chi connectivity index (χ2n) is 7.99. The van der Waals surface area contributed by atoms with E-state index in [-0.39, 0.29) is 0 Å². The van der Waals surface area contributed by atoms with Crippen molar-refractivity contribution < 1.29 is 9.90 Å². The van der Waals surface area contributed by atoms with Crippen LogP contribution in [-0.4, -0.2) is 35.1 Å². The highest BCUT2D eigenvalue weighted by Gasteiger charge is 2.45. The number of carboxylic acids is 1. The van der Waals surface area contributed by atoms with E-state index < -0.39 is 11.4 Å². The molecular weight excluding hydrogens is 262 g/mol. The number of likely N-dealkylation sites (tertiary alicyclic amines) is 1. The van der Waals surface area contributed by atoms with Crippen molar-refractivity contribution in [2.45, 2.75) is 77.2 Å². The topological polar surface area (TPSA) is 40.5 Å². The molecule has 120 valence electrons. The van der Waals surface area contributed by atoms with Crippen molar-refractivity contribution in [3.63, 3.8) is 0 Å². The third kappa shape index (κ3) is 3.13. The zero-order chi connectivity index (χ0) is 14.9. The van der Waals surface area contributed by atoms with E-state index in [9.17, 15) is 9.90 Å². The van der Waals surface area contributed by atoms with E-state index in [4.69, 9.17) is 0 Å². The molecule has 21 heavy (non-hydrogen) atoms. The molecule has 2 atom stereocenters. The summed E-state index contributed by atoms with van der Waals surface area (Å²) in [5.41, 5.74) is -0.453. The maximum absolute atomic E-state index is 12.0. The first-order valence-electron chi connectivity index (χ1n) is 9.08. The summed E-state index contributed by atoms with van der Waals surface area (Å²) in [4.78, 5) is 14.6. The lowest BCUT2D eigenvalue weighted by Crippen LogP contribution is -2.53. The molecule has 1 heterocycles. The molecule has 0 bridgehead atoms. The van der Waals surface area contributed by atoms with Gasteiger partial charge in [0.25, 0.3) is 0 Å². The fourth-order valence-electron chi connectivity index (χ4n) is 5.07. The second kappa shape index (κ2) is 6.28. The van der Waals surface area contributed by atoms with Crippen LogP contribution in [0.4, 0.5) is 0 Å². The Labute approximate surface area is 129 Å². The van der Waals surface area contributed by atoms with E-state index in [1.807, 2.05) is 0 Å². The summed E-state index contributed by atoms with van der Waals surface area (Å²) < 4.78 is 0. The molecule has 0 amide bonds. The summed E-state index contributed by atoms with van der Waals surface area (Å²) in [6.07, 6.45) is 12.0. The maximum Gasteiger partial charge on any atom is 0.310 e. The van der Waals surface area contributed by atoms with Crippen LogP contribution in [0.2, 0.25) is 0 Å². The number of carbonyl (C=O) groups is 1. The molecule has 1 N–H and O–H groups in total. The maximum atomic E-state index is 12.0. The first-order valence-corrected chi connectivity index (χ1v) is 9.08. The number of hydrogen-bond acceptors (Lipinski definition) is 2. The van der Waals surface area contributed by atoms with Crippen molar-refractivity contribution in [2.75, 3.05) is 13.1 Å². The van der Waals surface area contributed by atoms with E-state index >= 15 is 0 Å². The first kappa shape index (κ1) is 15.3. The van der Waals surface area contributed by atoms with Gasteiger partial charge in [-0.05, 0) is 69.7 Å². The standard InChI is InChI=1S/C18H31NO2/c1-14-8-10-18(11-9-14,17(20)21)13-19-12-4-6-15-5-2-3-7-16(15)19/h14-16H,2-13H2,1H3,(H,20,21)/t14?,15-,16-,18?/m1/s1. The van der Waals surface area contributed by atoms with Crippen molar-refractivity contribution in [3.8, 4) is 0 Å². The van der Waals surface area contributed by atoms with Crippen LogP contribution in [-0.2, 0) is 4.79 Å². The number of aliphatic carboxylic acids is 1. The molecule has 0 radical (unpaired) electrons. The van der Waals surface area contributed by atoms with Crippen LogP contribution in [0.5, 0.6) is 0 Å². The highest BCUT2D eigenvalue weighted by Crippen LogP contribution is 2.43. The Bertz CT molecular complexity index is 371. The summed E-state index contributed by atoms with van der Waals surface area (Å²) in [6, 6.07) is 0.683. The molecule has 3 fully saturated rings. The van der Waals surface area contributed by atoms with E-state index in [1.54, 1.807) is 0 Å². The third-order valence-corrected chi connectivity index (χ3v) is 6.55.